The van der Waals surface area contributed by atoms with Gasteiger partial charge in [0.1, 0.15) is 0 Å². The predicted octanol–water partition coefficient (Wildman–Crippen LogP) is 2.38. The number of benzene rings is 2. The zero-order chi connectivity index (χ0) is 14.8. The number of imidazole rings is 1. The number of aryl methyl sites for hydroxylation is 1. The van der Waals surface area contributed by atoms with Crippen LogP contribution in [0, 0.1) is 6.92 Å². The summed E-state index contributed by atoms with van der Waals surface area (Å²) in [6, 6.07) is 11.1. The van der Waals surface area contributed by atoms with Crippen LogP contribution in [0.15, 0.2) is 42.7 Å². The van der Waals surface area contributed by atoms with Gasteiger partial charge in [-0.15, -0.1) is 0 Å². The van der Waals surface area contributed by atoms with Crippen molar-refractivity contribution >= 4 is 22.6 Å². The lowest BCUT2D eigenvalue weighted by molar-refractivity contribution is 0.0951. The molecule has 0 aliphatic carbocycles. The zero-order valence-corrected chi connectivity index (χ0v) is 11.7. The summed E-state index contributed by atoms with van der Waals surface area (Å²) < 4.78 is 0. The van der Waals surface area contributed by atoms with Crippen LogP contribution in [0.5, 0.6) is 0 Å². The van der Waals surface area contributed by atoms with Crippen molar-refractivity contribution in [3.05, 3.63) is 59.4 Å². The standard InChI is InChI=1S/C16H16N4O/c1-10-6-12(3-4-13(10)17)16(21)18-8-11-2-5-14-15(7-11)20-9-19-14/h2-7,9H,8,17H2,1H3,(H,18,21)(H,19,20). The van der Waals surface area contributed by atoms with Crippen molar-refractivity contribution in [3.8, 4) is 0 Å². The molecule has 0 aliphatic rings. The molecule has 0 saturated carbocycles. The quantitative estimate of drug-likeness (QED) is 0.644. The van der Waals surface area contributed by atoms with Crippen LogP contribution >= 0.6 is 0 Å². The van der Waals surface area contributed by atoms with Crippen molar-refractivity contribution in [2.45, 2.75) is 13.5 Å². The number of hydrogen-bond donors (Lipinski definition) is 3. The maximum absolute atomic E-state index is 12.1. The number of anilines is 1. The molecule has 1 aromatic heterocycles. The average molecular weight is 280 g/mol. The Bertz CT molecular complexity index is 807. The number of H-pyrrole nitrogens is 1. The first-order valence-electron chi connectivity index (χ1n) is 6.70. The Labute approximate surface area is 122 Å². The summed E-state index contributed by atoms with van der Waals surface area (Å²) in [6.07, 6.45) is 1.66. The van der Waals surface area contributed by atoms with E-state index >= 15 is 0 Å². The molecule has 0 atom stereocenters. The third-order valence-electron chi connectivity index (χ3n) is 3.47. The minimum atomic E-state index is -0.109. The second-order valence-electron chi connectivity index (χ2n) is 5.01. The van der Waals surface area contributed by atoms with E-state index < -0.39 is 0 Å². The van der Waals surface area contributed by atoms with E-state index in [1.165, 1.54) is 0 Å². The highest BCUT2D eigenvalue weighted by Gasteiger charge is 2.07. The number of fused-ring (bicyclic) bond motifs is 1. The van der Waals surface area contributed by atoms with E-state index in [1.54, 1.807) is 24.5 Å². The summed E-state index contributed by atoms with van der Waals surface area (Å²) in [7, 11) is 0. The first kappa shape index (κ1) is 13.2. The number of hydrogen-bond acceptors (Lipinski definition) is 3. The monoisotopic (exact) mass is 280 g/mol. The normalized spacial score (nSPS) is 10.7. The zero-order valence-electron chi connectivity index (χ0n) is 11.7. The van der Waals surface area contributed by atoms with Gasteiger partial charge in [-0.2, -0.15) is 0 Å². The molecule has 3 rings (SSSR count). The molecule has 0 radical (unpaired) electrons. The third-order valence-corrected chi connectivity index (χ3v) is 3.47. The molecule has 0 spiro atoms. The van der Waals surface area contributed by atoms with Crippen LogP contribution in [0.2, 0.25) is 0 Å². The van der Waals surface area contributed by atoms with Crippen LogP contribution in [0.25, 0.3) is 11.0 Å². The Morgan fingerprint density at radius 2 is 2.14 bits per heavy atom. The summed E-state index contributed by atoms with van der Waals surface area (Å²) in [5.74, 6) is -0.109. The minimum absolute atomic E-state index is 0.109. The Hall–Kier alpha value is -2.82. The second kappa shape index (κ2) is 5.28. The maximum Gasteiger partial charge on any atom is 0.251 e. The van der Waals surface area contributed by atoms with Crippen molar-refractivity contribution in [1.29, 1.82) is 0 Å². The maximum atomic E-state index is 12.1. The van der Waals surface area contributed by atoms with Gasteiger partial charge in [0.2, 0.25) is 0 Å². The van der Waals surface area contributed by atoms with Crippen molar-refractivity contribution in [2.75, 3.05) is 5.73 Å². The van der Waals surface area contributed by atoms with Gasteiger partial charge in [0.05, 0.1) is 17.4 Å². The van der Waals surface area contributed by atoms with Crippen LogP contribution in [0.1, 0.15) is 21.5 Å². The third kappa shape index (κ3) is 2.72. The van der Waals surface area contributed by atoms with Crippen LogP contribution in [-0.2, 0) is 6.54 Å². The van der Waals surface area contributed by atoms with Crippen LogP contribution in [0.3, 0.4) is 0 Å². The number of amides is 1. The molecule has 5 heteroatoms. The molecule has 5 nitrogen and oxygen atoms in total. The van der Waals surface area contributed by atoms with E-state index in [2.05, 4.69) is 15.3 Å². The molecule has 4 N–H and O–H groups in total. The van der Waals surface area contributed by atoms with Gasteiger partial charge in [-0.3, -0.25) is 4.79 Å². The lowest BCUT2D eigenvalue weighted by Crippen LogP contribution is -2.22. The van der Waals surface area contributed by atoms with E-state index in [-0.39, 0.29) is 5.91 Å². The van der Waals surface area contributed by atoms with Crippen LogP contribution < -0.4 is 11.1 Å². The Morgan fingerprint density at radius 3 is 2.95 bits per heavy atom. The largest absolute Gasteiger partial charge is 0.399 e. The molecule has 1 heterocycles. The number of aromatic amines is 1. The first-order valence-corrected chi connectivity index (χ1v) is 6.70. The topological polar surface area (TPSA) is 83.8 Å². The molecular formula is C16H16N4O. The van der Waals surface area contributed by atoms with Gasteiger partial charge in [0, 0.05) is 17.8 Å². The summed E-state index contributed by atoms with van der Waals surface area (Å²) in [5.41, 5.74) is 10.9. The molecular weight excluding hydrogens is 264 g/mol. The number of carbonyl (C=O) groups is 1. The van der Waals surface area contributed by atoms with E-state index in [1.807, 2.05) is 25.1 Å². The fourth-order valence-corrected chi connectivity index (χ4v) is 2.19. The summed E-state index contributed by atoms with van der Waals surface area (Å²) >= 11 is 0. The molecule has 0 bridgehead atoms. The first-order chi connectivity index (χ1) is 10.1. The van der Waals surface area contributed by atoms with E-state index in [0.29, 0.717) is 17.8 Å². The molecule has 2 aromatic carbocycles. The molecule has 21 heavy (non-hydrogen) atoms. The highest BCUT2D eigenvalue weighted by Crippen LogP contribution is 2.14. The number of nitrogens with zero attached hydrogens (tertiary/aromatic N) is 1. The number of nitrogens with one attached hydrogen (secondary N) is 2. The Morgan fingerprint density at radius 1 is 1.29 bits per heavy atom. The van der Waals surface area contributed by atoms with Gasteiger partial charge in [-0.05, 0) is 48.4 Å². The minimum Gasteiger partial charge on any atom is -0.399 e. The van der Waals surface area contributed by atoms with Crippen molar-refractivity contribution in [2.24, 2.45) is 0 Å². The van der Waals surface area contributed by atoms with Crippen molar-refractivity contribution in [3.63, 3.8) is 0 Å². The summed E-state index contributed by atoms with van der Waals surface area (Å²) in [4.78, 5) is 19.3. The fraction of sp³-hybridized carbons (Fsp3) is 0.125. The lowest BCUT2D eigenvalue weighted by Gasteiger charge is -2.07. The van der Waals surface area contributed by atoms with Gasteiger partial charge < -0.3 is 16.0 Å². The van der Waals surface area contributed by atoms with Crippen LogP contribution in [0.4, 0.5) is 5.69 Å². The summed E-state index contributed by atoms with van der Waals surface area (Å²) in [5, 5.41) is 2.90. The Kier molecular flexibility index (Phi) is 3.31. The summed E-state index contributed by atoms with van der Waals surface area (Å²) in [6.45, 7) is 2.36. The number of nitrogen functional groups attached to an aromatic ring is 1. The highest BCUT2D eigenvalue weighted by molar-refractivity contribution is 5.94. The molecule has 0 aliphatic heterocycles. The van der Waals surface area contributed by atoms with Gasteiger partial charge in [0.25, 0.3) is 5.91 Å². The molecule has 0 unspecified atom stereocenters. The van der Waals surface area contributed by atoms with Crippen molar-refractivity contribution < 1.29 is 4.79 Å². The SMILES string of the molecule is Cc1cc(C(=O)NCc2ccc3nc[nH]c3c2)ccc1N. The average Bonchev–Trinajstić information content (AvgIpc) is 2.95. The molecule has 3 aromatic rings. The van der Waals surface area contributed by atoms with Gasteiger partial charge in [-0.1, -0.05) is 6.07 Å². The van der Waals surface area contributed by atoms with Gasteiger partial charge in [-0.25, -0.2) is 4.98 Å². The number of rotatable bonds is 3. The fourth-order valence-electron chi connectivity index (χ4n) is 2.19. The van der Waals surface area contributed by atoms with E-state index in [9.17, 15) is 4.79 Å². The number of carbonyl (C=O) groups excluding carboxylic acids is 1. The Balaban J connectivity index is 1.71. The predicted molar refractivity (Wildman–Crippen MR) is 82.9 cm³/mol. The molecule has 0 fully saturated rings. The van der Waals surface area contributed by atoms with E-state index in [4.69, 9.17) is 5.73 Å². The highest BCUT2D eigenvalue weighted by atomic mass is 16.1. The number of aromatic nitrogens is 2. The number of nitrogens with two attached hydrogens (primary N) is 1. The second-order valence-corrected chi connectivity index (χ2v) is 5.01. The van der Waals surface area contributed by atoms with Gasteiger partial charge in [0.15, 0.2) is 0 Å². The van der Waals surface area contributed by atoms with Crippen LogP contribution in [-0.4, -0.2) is 15.9 Å². The van der Waals surface area contributed by atoms with Crippen molar-refractivity contribution in [1.82, 2.24) is 15.3 Å². The smallest absolute Gasteiger partial charge is 0.251 e. The lowest BCUT2D eigenvalue weighted by atomic mass is 10.1. The molecule has 1 amide bonds. The van der Waals surface area contributed by atoms with Gasteiger partial charge >= 0.3 is 0 Å². The van der Waals surface area contributed by atoms with E-state index in [0.717, 1.165) is 22.2 Å². The molecule has 0 saturated heterocycles. The molecule has 106 valence electrons.